The maximum absolute atomic E-state index is 12.2. The SMILES string of the molecule is COc1ccc(OC)c(/C=C/C(=O)NNC(=O)[C@H]2COc3ccccc3O2)c1. The first kappa shape index (κ1) is 19.1. The van der Waals surface area contributed by atoms with Gasteiger partial charge in [-0.2, -0.15) is 0 Å². The van der Waals surface area contributed by atoms with Crippen LogP contribution < -0.4 is 29.8 Å². The van der Waals surface area contributed by atoms with E-state index in [1.165, 1.54) is 13.2 Å². The molecule has 0 saturated heterocycles. The zero-order valence-corrected chi connectivity index (χ0v) is 15.4. The Hall–Kier alpha value is -3.68. The van der Waals surface area contributed by atoms with Gasteiger partial charge in [-0.25, -0.2) is 0 Å². The highest BCUT2D eigenvalue weighted by atomic mass is 16.6. The molecule has 2 N–H and O–H groups in total. The number of carbonyl (C=O) groups excluding carboxylic acids is 2. The molecule has 2 aromatic carbocycles. The summed E-state index contributed by atoms with van der Waals surface area (Å²) in [5, 5.41) is 0. The quantitative estimate of drug-likeness (QED) is 0.602. The van der Waals surface area contributed by atoms with Crippen molar-refractivity contribution in [3.8, 4) is 23.0 Å². The zero-order valence-electron chi connectivity index (χ0n) is 15.4. The minimum atomic E-state index is -0.863. The summed E-state index contributed by atoms with van der Waals surface area (Å²) in [6.45, 7) is 0.0512. The van der Waals surface area contributed by atoms with Crippen molar-refractivity contribution < 1.29 is 28.5 Å². The van der Waals surface area contributed by atoms with Gasteiger partial charge in [-0.05, 0) is 36.4 Å². The van der Waals surface area contributed by atoms with Gasteiger partial charge < -0.3 is 18.9 Å². The average molecular weight is 384 g/mol. The zero-order chi connectivity index (χ0) is 19.9. The smallest absolute Gasteiger partial charge is 0.283 e. The van der Waals surface area contributed by atoms with Gasteiger partial charge in [0, 0.05) is 11.6 Å². The molecule has 0 fully saturated rings. The Morgan fingerprint density at radius 2 is 1.86 bits per heavy atom. The number of methoxy groups -OCH3 is 2. The third kappa shape index (κ3) is 4.53. The van der Waals surface area contributed by atoms with Gasteiger partial charge in [-0.3, -0.25) is 20.4 Å². The average Bonchev–Trinajstić information content (AvgIpc) is 2.75. The van der Waals surface area contributed by atoms with Crippen molar-refractivity contribution in [2.45, 2.75) is 6.10 Å². The Bertz CT molecular complexity index is 896. The van der Waals surface area contributed by atoms with Crippen LogP contribution in [0.3, 0.4) is 0 Å². The molecule has 0 unspecified atom stereocenters. The molecule has 0 spiro atoms. The molecule has 0 bridgehead atoms. The van der Waals surface area contributed by atoms with E-state index in [4.69, 9.17) is 18.9 Å². The molecule has 8 nitrogen and oxygen atoms in total. The lowest BCUT2D eigenvalue weighted by Gasteiger charge is -2.25. The van der Waals surface area contributed by atoms with Crippen LogP contribution in [0.5, 0.6) is 23.0 Å². The first-order chi connectivity index (χ1) is 13.6. The molecule has 1 aliphatic heterocycles. The molecule has 28 heavy (non-hydrogen) atoms. The number of carbonyl (C=O) groups is 2. The molecule has 8 heteroatoms. The largest absolute Gasteiger partial charge is 0.497 e. The van der Waals surface area contributed by atoms with E-state index in [1.807, 2.05) is 6.07 Å². The fourth-order valence-corrected chi connectivity index (χ4v) is 2.53. The second kappa shape index (κ2) is 8.81. The van der Waals surface area contributed by atoms with E-state index >= 15 is 0 Å². The maximum Gasteiger partial charge on any atom is 0.283 e. The lowest BCUT2D eigenvalue weighted by atomic mass is 10.1. The van der Waals surface area contributed by atoms with Gasteiger partial charge in [-0.1, -0.05) is 12.1 Å². The molecule has 2 amide bonds. The van der Waals surface area contributed by atoms with E-state index in [1.54, 1.807) is 49.6 Å². The van der Waals surface area contributed by atoms with E-state index in [9.17, 15) is 9.59 Å². The minimum absolute atomic E-state index is 0.0512. The standard InChI is InChI=1S/C20H20N2O6/c1-25-14-8-9-15(26-2)13(11-14)7-10-19(23)21-22-20(24)18-12-27-16-5-3-4-6-17(16)28-18/h3-11,18H,12H2,1-2H3,(H,21,23)(H,22,24)/b10-7+/t18-/m1/s1. The highest BCUT2D eigenvalue weighted by Gasteiger charge is 2.27. The number of hydrogen-bond acceptors (Lipinski definition) is 6. The monoisotopic (exact) mass is 384 g/mol. The first-order valence-corrected chi connectivity index (χ1v) is 8.49. The second-order valence-electron chi connectivity index (χ2n) is 5.78. The number of fused-ring (bicyclic) bond motifs is 1. The van der Waals surface area contributed by atoms with E-state index < -0.39 is 17.9 Å². The van der Waals surface area contributed by atoms with E-state index in [2.05, 4.69) is 10.9 Å². The van der Waals surface area contributed by atoms with E-state index in [-0.39, 0.29) is 6.61 Å². The molecule has 1 aliphatic rings. The summed E-state index contributed by atoms with van der Waals surface area (Å²) in [5.41, 5.74) is 5.28. The fourth-order valence-electron chi connectivity index (χ4n) is 2.53. The number of hydrogen-bond donors (Lipinski definition) is 2. The van der Waals surface area contributed by atoms with Gasteiger partial charge in [0.2, 0.25) is 6.10 Å². The van der Waals surface area contributed by atoms with Crippen LogP contribution in [-0.4, -0.2) is 38.7 Å². The third-order valence-electron chi connectivity index (χ3n) is 3.96. The Kier molecular flexibility index (Phi) is 6.01. The van der Waals surface area contributed by atoms with Crippen molar-refractivity contribution in [2.75, 3.05) is 20.8 Å². The summed E-state index contributed by atoms with van der Waals surface area (Å²) in [7, 11) is 3.08. The van der Waals surface area contributed by atoms with Crippen LogP contribution in [0.2, 0.25) is 0 Å². The van der Waals surface area contributed by atoms with Gasteiger partial charge in [0.05, 0.1) is 14.2 Å². The van der Waals surface area contributed by atoms with Gasteiger partial charge in [0.1, 0.15) is 18.1 Å². The Morgan fingerprint density at radius 3 is 2.61 bits per heavy atom. The van der Waals surface area contributed by atoms with Crippen LogP contribution in [0.4, 0.5) is 0 Å². The van der Waals surface area contributed by atoms with Crippen LogP contribution in [0.25, 0.3) is 6.08 Å². The minimum Gasteiger partial charge on any atom is -0.497 e. The predicted octanol–water partition coefficient (Wildman–Crippen LogP) is 1.70. The van der Waals surface area contributed by atoms with Crippen molar-refractivity contribution in [1.29, 1.82) is 0 Å². The summed E-state index contributed by atoms with van der Waals surface area (Å²) < 4.78 is 21.5. The molecule has 1 heterocycles. The van der Waals surface area contributed by atoms with Crippen molar-refractivity contribution >= 4 is 17.9 Å². The Labute approximate surface area is 162 Å². The van der Waals surface area contributed by atoms with Gasteiger partial charge in [0.25, 0.3) is 11.8 Å². The van der Waals surface area contributed by atoms with Crippen LogP contribution in [0.1, 0.15) is 5.56 Å². The maximum atomic E-state index is 12.2. The molecular weight excluding hydrogens is 364 g/mol. The number of nitrogens with one attached hydrogen (secondary N) is 2. The summed E-state index contributed by atoms with van der Waals surface area (Å²) >= 11 is 0. The Morgan fingerprint density at radius 1 is 1.07 bits per heavy atom. The highest BCUT2D eigenvalue weighted by molar-refractivity contribution is 5.94. The normalized spacial score (nSPS) is 15.0. The Balaban J connectivity index is 1.55. The molecule has 3 rings (SSSR count). The highest BCUT2D eigenvalue weighted by Crippen LogP contribution is 2.30. The van der Waals surface area contributed by atoms with Crippen molar-refractivity contribution in [3.63, 3.8) is 0 Å². The lowest BCUT2D eigenvalue weighted by molar-refractivity contribution is -0.134. The molecule has 146 valence electrons. The molecule has 0 aromatic heterocycles. The van der Waals surface area contributed by atoms with Crippen LogP contribution in [0, 0.1) is 0 Å². The van der Waals surface area contributed by atoms with E-state index in [0.717, 1.165) is 0 Å². The molecule has 0 radical (unpaired) electrons. The number of hydrazine groups is 1. The van der Waals surface area contributed by atoms with E-state index in [0.29, 0.717) is 28.6 Å². The summed E-state index contributed by atoms with van der Waals surface area (Å²) in [4.78, 5) is 24.2. The van der Waals surface area contributed by atoms with Crippen molar-refractivity contribution in [2.24, 2.45) is 0 Å². The number of benzene rings is 2. The first-order valence-electron chi connectivity index (χ1n) is 8.49. The summed E-state index contributed by atoms with van der Waals surface area (Å²) in [6, 6.07) is 12.3. The number of amides is 2. The second-order valence-corrected chi connectivity index (χ2v) is 5.78. The molecule has 2 aromatic rings. The van der Waals surface area contributed by atoms with Gasteiger partial charge in [-0.15, -0.1) is 0 Å². The number of ether oxygens (including phenoxy) is 4. The lowest BCUT2D eigenvalue weighted by Crippen LogP contribution is -2.50. The number of para-hydroxylation sites is 2. The van der Waals surface area contributed by atoms with Crippen LogP contribution in [-0.2, 0) is 9.59 Å². The number of rotatable bonds is 5. The fraction of sp³-hybridized carbons (Fsp3) is 0.200. The van der Waals surface area contributed by atoms with Crippen molar-refractivity contribution in [1.82, 2.24) is 10.9 Å². The molecular formula is C20H20N2O6. The van der Waals surface area contributed by atoms with Crippen LogP contribution >= 0.6 is 0 Å². The van der Waals surface area contributed by atoms with Crippen LogP contribution in [0.15, 0.2) is 48.5 Å². The van der Waals surface area contributed by atoms with Gasteiger partial charge in [0.15, 0.2) is 11.5 Å². The summed E-state index contributed by atoms with van der Waals surface area (Å²) in [6.07, 6.45) is 1.96. The third-order valence-corrected chi connectivity index (χ3v) is 3.96. The van der Waals surface area contributed by atoms with Gasteiger partial charge >= 0.3 is 0 Å². The predicted molar refractivity (Wildman–Crippen MR) is 101 cm³/mol. The molecule has 0 aliphatic carbocycles. The topological polar surface area (TPSA) is 95.1 Å². The molecule has 1 atom stereocenters. The molecule has 0 saturated carbocycles. The van der Waals surface area contributed by atoms with Crippen molar-refractivity contribution in [3.05, 3.63) is 54.1 Å². The summed E-state index contributed by atoms with van der Waals surface area (Å²) in [5.74, 6) is 1.23.